The standard InChI is InChI=1S/C12H19N3O2S/c1-6(2)13-11(17)8(4)14-12-10(9(5)16)7(3)15-18-12/h6,8,14H,1-5H3,(H,13,17). The van der Waals surface area contributed by atoms with Crippen LogP contribution in [0.1, 0.15) is 43.7 Å². The SMILES string of the molecule is CC(=O)c1c(C)nsc1NC(C)C(=O)NC(C)C. The van der Waals surface area contributed by atoms with Crippen molar-refractivity contribution in [3.63, 3.8) is 0 Å². The van der Waals surface area contributed by atoms with Gasteiger partial charge < -0.3 is 10.6 Å². The molecule has 0 bridgehead atoms. The molecular weight excluding hydrogens is 250 g/mol. The zero-order valence-corrected chi connectivity index (χ0v) is 12.1. The third-order valence-electron chi connectivity index (χ3n) is 2.39. The van der Waals surface area contributed by atoms with Gasteiger partial charge in [0.05, 0.1) is 11.3 Å². The van der Waals surface area contributed by atoms with E-state index in [4.69, 9.17) is 0 Å². The van der Waals surface area contributed by atoms with Crippen LogP contribution in [0.15, 0.2) is 0 Å². The van der Waals surface area contributed by atoms with Crippen LogP contribution in [-0.4, -0.2) is 28.1 Å². The number of carbonyl (C=O) groups excluding carboxylic acids is 2. The molecule has 1 atom stereocenters. The molecule has 0 aliphatic rings. The fraction of sp³-hybridized carbons (Fsp3) is 0.583. The largest absolute Gasteiger partial charge is 0.364 e. The third-order valence-corrected chi connectivity index (χ3v) is 3.26. The van der Waals surface area contributed by atoms with Gasteiger partial charge in [-0.25, -0.2) is 0 Å². The number of aryl methyl sites for hydroxylation is 1. The number of ketones is 1. The van der Waals surface area contributed by atoms with Crippen LogP contribution in [0.25, 0.3) is 0 Å². The van der Waals surface area contributed by atoms with Crippen LogP contribution in [0.5, 0.6) is 0 Å². The van der Waals surface area contributed by atoms with E-state index in [1.807, 2.05) is 13.8 Å². The molecule has 0 saturated heterocycles. The van der Waals surface area contributed by atoms with E-state index in [9.17, 15) is 9.59 Å². The Morgan fingerprint density at radius 2 is 1.89 bits per heavy atom. The number of rotatable bonds is 5. The van der Waals surface area contributed by atoms with E-state index in [2.05, 4.69) is 15.0 Å². The number of hydrogen-bond donors (Lipinski definition) is 2. The fourth-order valence-electron chi connectivity index (χ4n) is 1.55. The minimum Gasteiger partial charge on any atom is -0.364 e. The Morgan fingerprint density at radius 3 is 2.39 bits per heavy atom. The number of carbonyl (C=O) groups is 2. The summed E-state index contributed by atoms with van der Waals surface area (Å²) >= 11 is 1.21. The van der Waals surface area contributed by atoms with Gasteiger partial charge in [-0.15, -0.1) is 0 Å². The summed E-state index contributed by atoms with van der Waals surface area (Å²) < 4.78 is 4.14. The monoisotopic (exact) mass is 269 g/mol. The van der Waals surface area contributed by atoms with Gasteiger partial charge in [-0.1, -0.05) is 0 Å². The number of Topliss-reactive ketones (excluding diaryl/α,β-unsaturated/α-hetero) is 1. The van der Waals surface area contributed by atoms with Gasteiger partial charge >= 0.3 is 0 Å². The number of aromatic nitrogens is 1. The number of hydrogen-bond acceptors (Lipinski definition) is 5. The molecule has 100 valence electrons. The highest BCUT2D eigenvalue weighted by Crippen LogP contribution is 2.25. The minimum atomic E-state index is -0.398. The van der Waals surface area contributed by atoms with Crippen molar-refractivity contribution >= 4 is 28.2 Å². The van der Waals surface area contributed by atoms with Crippen molar-refractivity contribution in [2.45, 2.75) is 46.7 Å². The second-order valence-electron chi connectivity index (χ2n) is 4.56. The molecule has 0 aliphatic heterocycles. The van der Waals surface area contributed by atoms with Crippen molar-refractivity contribution in [3.05, 3.63) is 11.3 Å². The maximum absolute atomic E-state index is 11.8. The predicted molar refractivity (Wildman–Crippen MR) is 73.2 cm³/mol. The third kappa shape index (κ3) is 3.53. The minimum absolute atomic E-state index is 0.0415. The summed E-state index contributed by atoms with van der Waals surface area (Å²) in [5.74, 6) is -0.134. The Kier molecular flexibility index (Phi) is 4.84. The lowest BCUT2D eigenvalue weighted by molar-refractivity contribution is -0.122. The summed E-state index contributed by atoms with van der Waals surface area (Å²) in [6, 6.07) is -0.303. The van der Waals surface area contributed by atoms with Crippen molar-refractivity contribution in [2.75, 3.05) is 5.32 Å². The summed E-state index contributed by atoms with van der Waals surface area (Å²) in [5, 5.41) is 6.52. The topological polar surface area (TPSA) is 71.1 Å². The second kappa shape index (κ2) is 5.95. The fourth-order valence-corrected chi connectivity index (χ4v) is 2.49. The Morgan fingerprint density at radius 1 is 1.28 bits per heavy atom. The summed E-state index contributed by atoms with van der Waals surface area (Å²) in [4.78, 5) is 23.3. The summed E-state index contributed by atoms with van der Waals surface area (Å²) in [6.45, 7) is 8.86. The average molecular weight is 269 g/mol. The predicted octanol–water partition coefficient (Wildman–Crippen LogP) is 1.98. The summed E-state index contributed by atoms with van der Waals surface area (Å²) in [5.41, 5.74) is 1.27. The molecule has 2 N–H and O–H groups in total. The first-order valence-corrected chi connectivity index (χ1v) is 6.64. The lowest BCUT2D eigenvalue weighted by atomic mass is 10.1. The van der Waals surface area contributed by atoms with Crippen LogP contribution >= 0.6 is 11.5 Å². The Labute approximate surface area is 111 Å². The first kappa shape index (κ1) is 14.6. The van der Waals surface area contributed by atoms with Gasteiger partial charge in [0.1, 0.15) is 11.0 Å². The maximum atomic E-state index is 11.8. The molecule has 0 saturated carbocycles. The van der Waals surface area contributed by atoms with E-state index in [0.717, 1.165) is 0 Å². The van der Waals surface area contributed by atoms with Crippen LogP contribution in [0.3, 0.4) is 0 Å². The first-order valence-electron chi connectivity index (χ1n) is 5.87. The molecule has 1 heterocycles. The lowest BCUT2D eigenvalue weighted by Gasteiger charge is -2.16. The van der Waals surface area contributed by atoms with Crippen LogP contribution in [-0.2, 0) is 4.79 Å². The number of anilines is 1. The molecule has 0 aromatic carbocycles. The molecule has 6 heteroatoms. The molecule has 0 fully saturated rings. The van der Waals surface area contributed by atoms with Crippen molar-refractivity contribution in [2.24, 2.45) is 0 Å². The molecule has 1 unspecified atom stereocenters. The molecule has 1 rings (SSSR count). The molecule has 0 spiro atoms. The highest BCUT2D eigenvalue weighted by atomic mass is 32.1. The number of nitrogens with zero attached hydrogens (tertiary/aromatic N) is 1. The number of amides is 1. The molecular formula is C12H19N3O2S. The highest BCUT2D eigenvalue weighted by molar-refractivity contribution is 7.10. The molecule has 1 aromatic rings. The van der Waals surface area contributed by atoms with E-state index in [1.165, 1.54) is 18.5 Å². The van der Waals surface area contributed by atoms with Gasteiger partial charge in [0.2, 0.25) is 5.91 Å². The van der Waals surface area contributed by atoms with Gasteiger partial charge in [0.25, 0.3) is 0 Å². The van der Waals surface area contributed by atoms with Crippen molar-refractivity contribution in [1.29, 1.82) is 0 Å². The van der Waals surface area contributed by atoms with E-state index in [0.29, 0.717) is 16.3 Å². The Hall–Kier alpha value is -1.43. The normalized spacial score (nSPS) is 12.3. The zero-order chi connectivity index (χ0) is 13.9. The average Bonchev–Trinajstić information content (AvgIpc) is 2.58. The summed E-state index contributed by atoms with van der Waals surface area (Å²) in [7, 11) is 0. The smallest absolute Gasteiger partial charge is 0.242 e. The molecule has 0 radical (unpaired) electrons. The Balaban J connectivity index is 2.79. The molecule has 18 heavy (non-hydrogen) atoms. The van der Waals surface area contributed by atoms with Gasteiger partial charge in [0.15, 0.2) is 5.78 Å². The number of nitrogens with one attached hydrogen (secondary N) is 2. The van der Waals surface area contributed by atoms with Crippen molar-refractivity contribution in [3.8, 4) is 0 Å². The first-order chi connectivity index (χ1) is 8.32. The van der Waals surface area contributed by atoms with Crippen LogP contribution < -0.4 is 10.6 Å². The summed E-state index contributed by atoms with van der Waals surface area (Å²) in [6.07, 6.45) is 0. The van der Waals surface area contributed by atoms with Gasteiger partial charge in [-0.3, -0.25) is 9.59 Å². The molecule has 1 amide bonds. The van der Waals surface area contributed by atoms with Crippen molar-refractivity contribution < 1.29 is 9.59 Å². The maximum Gasteiger partial charge on any atom is 0.242 e. The molecule has 1 aromatic heterocycles. The molecule has 0 aliphatic carbocycles. The van der Waals surface area contributed by atoms with E-state index >= 15 is 0 Å². The molecule has 5 nitrogen and oxygen atoms in total. The van der Waals surface area contributed by atoms with E-state index < -0.39 is 6.04 Å². The Bertz CT molecular complexity index is 454. The van der Waals surface area contributed by atoms with Gasteiger partial charge in [-0.05, 0) is 46.2 Å². The van der Waals surface area contributed by atoms with E-state index in [-0.39, 0.29) is 17.7 Å². The van der Waals surface area contributed by atoms with Gasteiger partial charge in [0, 0.05) is 6.04 Å². The van der Waals surface area contributed by atoms with Crippen LogP contribution in [0.4, 0.5) is 5.00 Å². The quantitative estimate of drug-likeness (QED) is 0.802. The second-order valence-corrected chi connectivity index (χ2v) is 5.33. The highest BCUT2D eigenvalue weighted by Gasteiger charge is 2.19. The van der Waals surface area contributed by atoms with Crippen LogP contribution in [0, 0.1) is 6.92 Å². The van der Waals surface area contributed by atoms with Crippen molar-refractivity contribution in [1.82, 2.24) is 9.69 Å². The van der Waals surface area contributed by atoms with E-state index in [1.54, 1.807) is 13.8 Å². The van der Waals surface area contributed by atoms with Crippen LogP contribution in [0.2, 0.25) is 0 Å². The lowest BCUT2D eigenvalue weighted by Crippen LogP contribution is -2.41. The van der Waals surface area contributed by atoms with Gasteiger partial charge in [-0.2, -0.15) is 4.37 Å². The zero-order valence-electron chi connectivity index (χ0n) is 11.3.